The molecule has 2 rings (SSSR count). The van der Waals surface area contributed by atoms with Crippen LogP contribution in [0.1, 0.15) is 18.1 Å². The first-order chi connectivity index (χ1) is 11.1. The van der Waals surface area contributed by atoms with E-state index in [0.717, 1.165) is 10.9 Å². The second-order valence-corrected chi connectivity index (χ2v) is 5.65. The van der Waals surface area contributed by atoms with Crippen LogP contribution in [-0.2, 0) is 11.2 Å². The van der Waals surface area contributed by atoms with Gasteiger partial charge in [-0.15, -0.1) is 0 Å². The van der Waals surface area contributed by atoms with Crippen LogP contribution in [0.2, 0.25) is 0 Å². The average Bonchev–Trinajstić information content (AvgIpc) is 2.53. The third-order valence-corrected chi connectivity index (χ3v) is 3.66. The van der Waals surface area contributed by atoms with Gasteiger partial charge >= 0.3 is 0 Å². The third-order valence-electron chi connectivity index (χ3n) is 3.04. The molecule has 0 heterocycles. The minimum absolute atomic E-state index is 0.137. The summed E-state index contributed by atoms with van der Waals surface area (Å²) in [4.78, 5) is 11.7. The number of benzene rings is 2. The van der Waals surface area contributed by atoms with Crippen LogP contribution in [0.3, 0.4) is 0 Å². The molecule has 2 aromatic rings. The zero-order valence-corrected chi connectivity index (χ0v) is 14.2. The van der Waals surface area contributed by atoms with Gasteiger partial charge in [0, 0.05) is 0 Å². The summed E-state index contributed by atoms with van der Waals surface area (Å²) in [7, 11) is 0. The van der Waals surface area contributed by atoms with E-state index in [1.165, 1.54) is 11.8 Å². The van der Waals surface area contributed by atoms with E-state index in [-0.39, 0.29) is 18.3 Å². The molecule has 23 heavy (non-hydrogen) atoms. The first-order valence-electron chi connectivity index (χ1n) is 7.10. The van der Waals surface area contributed by atoms with Crippen molar-refractivity contribution in [1.82, 2.24) is 5.43 Å². The minimum atomic E-state index is -0.368. The van der Waals surface area contributed by atoms with Gasteiger partial charge in [-0.05, 0) is 57.7 Å². The van der Waals surface area contributed by atoms with Gasteiger partial charge in [0.15, 0.2) is 6.61 Å². The molecule has 0 aliphatic carbocycles. The lowest BCUT2D eigenvalue weighted by Crippen LogP contribution is -2.24. The molecule has 0 spiro atoms. The van der Waals surface area contributed by atoms with Crippen molar-refractivity contribution in [3.63, 3.8) is 0 Å². The van der Waals surface area contributed by atoms with E-state index in [0.29, 0.717) is 11.3 Å². The molecule has 0 aliphatic heterocycles. The van der Waals surface area contributed by atoms with Crippen molar-refractivity contribution in [2.24, 2.45) is 5.10 Å². The molecule has 1 amide bonds. The molecule has 0 fully saturated rings. The number of hydrazone groups is 1. The molecule has 0 aromatic heterocycles. The fourth-order valence-electron chi connectivity index (χ4n) is 1.84. The van der Waals surface area contributed by atoms with Crippen LogP contribution >= 0.6 is 15.9 Å². The van der Waals surface area contributed by atoms with Crippen LogP contribution in [0.25, 0.3) is 0 Å². The number of hydrogen-bond acceptors (Lipinski definition) is 4. The van der Waals surface area contributed by atoms with Gasteiger partial charge in [0.25, 0.3) is 5.91 Å². The number of phenols is 1. The largest absolute Gasteiger partial charge is 0.508 e. The SMILES string of the molecule is CCc1ccc(OCC(=O)N/N=C/c2cccc(O)c2)c(Br)c1. The van der Waals surface area contributed by atoms with Crippen LogP contribution < -0.4 is 10.2 Å². The third kappa shape index (κ3) is 5.41. The van der Waals surface area contributed by atoms with E-state index in [1.54, 1.807) is 24.3 Å². The van der Waals surface area contributed by atoms with Crippen molar-refractivity contribution in [3.05, 3.63) is 58.1 Å². The molecule has 0 aliphatic rings. The van der Waals surface area contributed by atoms with Gasteiger partial charge in [-0.25, -0.2) is 5.43 Å². The van der Waals surface area contributed by atoms with E-state index >= 15 is 0 Å². The molecule has 5 nitrogen and oxygen atoms in total. The summed E-state index contributed by atoms with van der Waals surface area (Å²) in [6.07, 6.45) is 2.38. The number of ether oxygens (including phenoxy) is 1. The molecule has 2 N–H and O–H groups in total. The van der Waals surface area contributed by atoms with Crippen LogP contribution in [0.4, 0.5) is 0 Å². The number of nitrogens with zero attached hydrogens (tertiary/aromatic N) is 1. The van der Waals surface area contributed by atoms with Crippen LogP contribution in [-0.4, -0.2) is 23.8 Å². The molecule has 0 unspecified atom stereocenters. The Kier molecular flexibility index (Phi) is 6.17. The maximum Gasteiger partial charge on any atom is 0.277 e. The highest BCUT2D eigenvalue weighted by Gasteiger charge is 2.05. The van der Waals surface area contributed by atoms with E-state index in [4.69, 9.17) is 4.74 Å². The Bertz CT molecular complexity index is 717. The van der Waals surface area contributed by atoms with Crippen molar-refractivity contribution in [1.29, 1.82) is 0 Å². The van der Waals surface area contributed by atoms with Gasteiger partial charge in [0.2, 0.25) is 0 Å². The molecule has 0 atom stereocenters. The van der Waals surface area contributed by atoms with E-state index in [2.05, 4.69) is 33.4 Å². The maximum absolute atomic E-state index is 11.7. The van der Waals surface area contributed by atoms with Gasteiger partial charge in [0.1, 0.15) is 11.5 Å². The smallest absolute Gasteiger partial charge is 0.277 e. The maximum atomic E-state index is 11.7. The van der Waals surface area contributed by atoms with E-state index in [9.17, 15) is 9.90 Å². The number of hydrogen-bond donors (Lipinski definition) is 2. The summed E-state index contributed by atoms with van der Waals surface area (Å²) in [5.41, 5.74) is 4.24. The molecule has 0 saturated carbocycles. The highest BCUT2D eigenvalue weighted by atomic mass is 79.9. The standard InChI is InChI=1S/C17H17BrN2O3/c1-2-12-6-7-16(15(18)9-12)23-11-17(22)20-19-10-13-4-3-5-14(21)8-13/h3-10,21H,2,11H2,1H3,(H,20,22)/b19-10+. The summed E-state index contributed by atoms with van der Waals surface area (Å²) in [5, 5.41) is 13.1. The van der Waals surface area contributed by atoms with Crippen LogP contribution in [0.15, 0.2) is 52.0 Å². The Balaban J connectivity index is 1.83. The van der Waals surface area contributed by atoms with E-state index < -0.39 is 0 Å². The topological polar surface area (TPSA) is 70.9 Å². The Morgan fingerprint density at radius 2 is 2.17 bits per heavy atom. The second-order valence-electron chi connectivity index (χ2n) is 4.80. The van der Waals surface area contributed by atoms with Crippen LogP contribution in [0, 0.1) is 0 Å². The summed E-state index contributed by atoms with van der Waals surface area (Å²) in [5.74, 6) is 0.381. The minimum Gasteiger partial charge on any atom is -0.508 e. The number of halogens is 1. The molecule has 120 valence electrons. The van der Waals surface area contributed by atoms with Crippen molar-refractivity contribution < 1.29 is 14.6 Å². The van der Waals surface area contributed by atoms with Crippen LogP contribution in [0.5, 0.6) is 11.5 Å². The lowest BCUT2D eigenvalue weighted by Gasteiger charge is -2.08. The molecule has 0 radical (unpaired) electrons. The quantitative estimate of drug-likeness (QED) is 0.600. The van der Waals surface area contributed by atoms with Gasteiger partial charge in [-0.3, -0.25) is 4.79 Å². The van der Waals surface area contributed by atoms with Gasteiger partial charge < -0.3 is 9.84 Å². The predicted molar refractivity (Wildman–Crippen MR) is 92.9 cm³/mol. The fourth-order valence-corrected chi connectivity index (χ4v) is 2.38. The first-order valence-corrected chi connectivity index (χ1v) is 7.90. The molecule has 2 aromatic carbocycles. The first kappa shape index (κ1) is 17.0. The summed E-state index contributed by atoms with van der Waals surface area (Å²) in [6.45, 7) is 1.93. The Morgan fingerprint density at radius 3 is 2.87 bits per heavy atom. The normalized spacial score (nSPS) is 10.7. The molecular weight excluding hydrogens is 360 g/mol. The van der Waals surface area contributed by atoms with Crippen molar-refractivity contribution >= 4 is 28.1 Å². The second kappa shape index (κ2) is 8.33. The number of aromatic hydroxyl groups is 1. The zero-order chi connectivity index (χ0) is 16.7. The number of carbonyl (C=O) groups excluding carboxylic acids is 1. The number of rotatable bonds is 6. The van der Waals surface area contributed by atoms with Crippen molar-refractivity contribution in [2.75, 3.05) is 6.61 Å². The highest BCUT2D eigenvalue weighted by Crippen LogP contribution is 2.26. The summed E-state index contributed by atoms with van der Waals surface area (Å²) in [6, 6.07) is 12.3. The zero-order valence-electron chi connectivity index (χ0n) is 12.6. The van der Waals surface area contributed by atoms with Crippen molar-refractivity contribution in [3.8, 4) is 11.5 Å². The molecule has 0 saturated heterocycles. The Morgan fingerprint density at radius 1 is 1.35 bits per heavy atom. The molecule has 0 bridgehead atoms. The van der Waals surface area contributed by atoms with Gasteiger partial charge in [-0.1, -0.05) is 25.1 Å². The number of amides is 1. The van der Waals surface area contributed by atoms with Crippen molar-refractivity contribution in [2.45, 2.75) is 13.3 Å². The molecule has 6 heteroatoms. The van der Waals surface area contributed by atoms with Gasteiger partial charge in [-0.2, -0.15) is 5.10 Å². The monoisotopic (exact) mass is 376 g/mol. The summed E-state index contributed by atoms with van der Waals surface area (Å²) < 4.78 is 6.26. The Hall–Kier alpha value is -2.34. The number of carbonyl (C=O) groups is 1. The van der Waals surface area contributed by atoms with E-state index in [1.807, 2.05) is 18.2 Å². The number of aryl methyl sites for hydroxylation is 1. The fraction of sp³-hybridized carbons (Fsp3) is 0.176. The highest BCUT2D eigenvalue weighted by molar-refractivity contribution is 9.10. The number of nitrogens with one attached hydrogen (secondary N) is 1. The molecular formula is C17H17BrN2O3. The Labute approximate surface area is 143 Å². The van der Waals surface area contributed by atoms with Gasteiger partial charge in [0.05, 0.1) is 10.7 Å². The lowest BCUT2D eigenvalue weighted by molar-refractivity contribution is -0.123. The summed E-state index contributed by atoms with van der Waals surface area (Å²) >= 11 is 3.42. The average molecular weight is 377 g/mol. The number of phenolic OH excluding ortho intramolecular Hbond substituents is 1. The predicted octanol–water partition coefficient (Wildman–Crippen LogP) is 3.25. The lowest BCUT2D eigenvalue weighted by atomic mass is 10.2.